The molecule has 0 aliphatic heterocycles. The van der Waals surface area contributed by atoms with Crippen molar-refractivity contribution in [3.63, 3.8) is 0 Å². The standard InChI is InChI=1S/C19H27FN4O.HI/c1-13(2)17-10-14(25-24-17)11-22-18(21-5)23-12-19(3,4)15-8-6-7-9-16(15)20;/h6-10,13H,11-12H2,1-5H3,(H2,21,22,23);1H. The smallest absolute Gasteiger partial charge is 0.191 e. The van der Waals surface area contributed by atoms with Crippen molar-refractivity contribution in [1.29, 1.82) is 0 Å². The zero-order valence-electron chi connectivity index (χ0n) is 16.0. The first kappa shape index (κ1) is 22.4. The largest absolute Gasteiger partial charge is 0.359 e. The number of halogens is 2. The highest BCUT2D eigenvalue weighted by molar-refractivity contribution is 14.0. The van der Waals surface area contributed by atoms with E-state index in [4.69, 9.17) is 4.52 Å². The second-order valence-electron chi connectivity index (χ2n) is 7.02. The van der Waals surface area contributed by atoms with Gasteiger partial charge in [0.15, 0.2) is 11.7 Å². The van der Waals surface area contributed by atoms with Crippen LogP contribution in [0.5, 0.6) is 0 Å². The van der Waals surface area contributed by atoms with Crippen molar-refractivity contribution in [3.05, 3.63) is 53.2 Å². The first-order chi connectivity index (χ1) is 11.8. The van der Waals surface area contributed by atoms with Gasteiger partial charge in [0.2, 0.25) is 0 Å². The average Bonchev–Trinajstić information content (AvgIpc) is 3.04. The van der Waals surface area contributed by atoms with Gasteiger partial charge in [-0.3, -0.25) is 4.99 Å². The van der Waals surface area contributed by atoms with E-state index in [0.717, 1.165) is 11.5 Å². The van der Waals surface area contributed by atoms with E-state index < -0.39 is 0 Å². The van der Waals surface area contributed by atoms with Crippen LogP contribution in [0.4, 0.5) is 4.39 Å². The minimum absolute atomic E-state index is 0. The molecule has 0 saturated carbocycles. The van der Waals surface area contributed by atoms with Gasteiger partial charge in [-0.1, -0.05) is 51.1 Å². The van der Waals surface area contributed by atoms with Crippen LogP contribution in [0.1, 0.15) is 50.6 Å². The van der Waals surface area contributed by atoms with Crippen LogP contribution >= 0.6 is 24.0 Å². The second-order valence-corrected chi connectivity index (χ2v) is 7.02. The van der Waals surface area contributed by atoms with E-state index in [-0.39, 0.29) is 35.2 Å². The molecule has 0 unspecified atom stereocenters. The van der Waals surface area contributed by atoms with Crippen LogP contribution in [0.25, 0.3) is 0 Å². The van der Waals surface area contributed by atoms with Crippen LogP contribution in [0, 0.1) is 5.82 Å². The van der Waals surface area contributed by atoms with Crippen LogP contribution in [-0.2, 0) is 12.0 Å². The van der Waals surface area contributed by atoms with E-state index in [1.54, 1.807) is 13.1 Å². The molecule has 1 aromatic heterocycles. The van der Waals surface area contributed by atoms with Crippen LogP contribution in [0.2, 0.25) is 0 Å². The molecule has 2 aromatic rings. The lowest BCUT2D eigenvalue weighted by atomic mass is 9.84. The molecule has 0 fully saturated rings. The molecular formula is C19H28FIN4O. The fraction of sp³-hybridized carbons (Fsp3) is 0.474. The Morgan fingerprint density at radius 1 is 1.27 bits per heavy atom. The lowest BCUT2D eigenvalue weighted by Crippen LogP contribution is -2.43. The molecule has 2 rings (SSSR count). The molecule has 0 aliphatic rings. The zero-order chi connectivity index (χ0) is 18.4. The number of nitrogens with one attached hydrogen (secondary N) is 2. The van der Waals surface area contributed by atoms with E-state index in [9.17, 15) is 4.39 Å². The number of nitrogens with zero attached hydrogens (tertiary/aromatic N) is 2. The lowest BCUT2D eigenvalue weighted by molar-refractivity contribution is 0.371. The summed E-state index contributed by atoms with van der Waals surface area (Å²) in [4.78, 5) is 4.20. The third-order valence-corrected chi connectivity index (χ3v) is 4.12. The summed E-state index contributed by atoms with van der Waals surface area (Å²) in [6, 6.07) is 8.79. The average molecular weight is 474 g/mol. The monoisotopic (exact) mass is 474 g/mol. The van der Waals surface area contributed by atoms with Gasteiger partial charge < -0.3 is 15.2 Å². The number of hydrogen-bond acceptors (Lipinski definition) is 3. The molecule has 1 heterocycles. The minimum Gasteiger partial charge on any atom is -0.359 e. The normalized spacial score (nSPS) is 12.0. The Labute approximate surface area is 171 Å². The SMILES string of the molecule is CN=C(NCc1cc(C(C)C)no1)NCC(C)(C)c1ccccc1F.I. The third kappa shape index (κ3) is 5.96. The summed E-state index contributed by atoms with van der Waals surface area (Å²) < 4.78 is 19.3. The Kier molecular flexibility index (Phi) is 8.52. The molecule has 0 spiro atoms. The van der Waals surface area contributed by atoms with Crippen molar-refractivity contribution in [2.24, 2.45) is 4.99 Å². The number of guanidine groups is 1. The highest BCUT2D eigenvalue weighted by Gasteiger charge is 2.24. The molecule has 0 saturated heterocycles. The van der Waals surface area contributed by atoms with Crippen molar-refractivity contribution in [3.8, 4) is 0 Å². The maximum absolute atomic E-state index is 14.0. The molecule has 0 bridgehead atoms. The molecule has 1 aromatic carbocycles. The maximum atomic E-state index is 14.0. The van der Waals surface area contributed by atoms with E-state index in [1.807, 2.05) is 32.0 Å². The predicted octanol–water partition coefficient (Wildman–Crippen LogP) is 4.20. The second kappa shape index (κ2) is 9.89. The highest BCUT2D eigenvalue weighted by Crippen LogP contribution is 2.24. The van der Waals surface area contributed by atoms with Crippen LogP contribution in [0.3, 0.4) is 0 Å². The van der Waals surface area contributed by atoms with Crippen molar-refractivity contribution >= 4 is 29.9 Å². The van der Waals surface area contributed by atoms with Gasteiger partial charge in [0.05, 0.1) is 12.2 Å². The first-order valence-electron chi connectivity index (χ1n) is 8.48. The zero-order valence-corrected chi connectivity index (χ0v) is 18.3. The van der Waals surface area contributed by atoms with Gasteiger partial charge in [-0.25, -0.2) is 4.39 Å². The van der Waals surface area contributed by atoms with Gasteiger partial charge in [0.1, 0.15) is 5.82 Å². The Hall–Kier alpha value is -1.64. The van der Waals surface area contributed by atoms with Crippen LogP contribution < -0.4 is 10.6 Å². The van der Waals surface area contributed by atoms with Crippen LogP contribution in [-0.4, -0.2) is 24.7 Å². The Balaban J connectivity index is 0.00000338. The highest BCUT2D eigenvalue weighted by atomic mass is 127. The molecule has 2 N–H and O–H groups in total. The topological polar surface area (TPSA) is 62.5 Å². The molecule has 0 atom stereocenters. The van der Waals surface area contributed by atoms with Crippen molar-refractivity contribution in [1.82, 2.24) is 15.8 Å². The summed E-state index contributed by atoms with van der Waals surface area (Å²) in [5.74, 6) is 1.52. The van der Waals surface area contributed by atoms with Gasteiger partial charge in [-0.05, 0) is 17.5 Å². The first-order valence-corrected chi connectivity index (χ1v) is 8.48. The van der Waals surface area contributed by atoms with Crippen LogP contribution in [0.15, 0.2) is 39.8 Å². The van der Waals surface area contributed by atoms with Gasteiger partial charge >= 0.3 is 0 Å². The molecular weight excluding hydrogens is 446 g/mol. The number of benzene rings is 1. The molecule has 144 valence electrons. The molecule has 26 heavy (non-hydrogen) atoms. The van der Waals surface area contributed by atoms with Crippen molar-refractivity contribution in [2.45, 2.75) is 45.6 Å². The Morgan fingerprint density at radius 2 is 1.96 bits per heavy atom. The van der Waals surface area contributed by atoms with E-state index in [2.05, 4.69) is 34.6 Å². The number of aliphatic imine (C=N–C) groups is 1. The van der Waals surface area contributed by atoms with Crippen molar-refractivity contribution in [2.75, 3.05) is 13.6 Å². The van der Waals surface area contributed by atoms with Gasteiger partial charge in [0.25, 0.3) is 0 Å². The number of hydrogen-bond donors (Lipinski definition) is 2. The molecule has 0 radical (unpaired) electrons. The molecule has 0 amide bonds. The molecule has 7 heteroatoms. The summed E-state index contributed by atoms with van der Waals surface area (Å²) in [7, 11) is 1.70. The third-order valence-electron chi connectivity index (χ3n) is 4.12. The summed E-state index contributed by atoms with van der Waals surface area (Å²) in [6.45, 7) is 9.16. The van der Waals surface area contributed by atoms with Gasteiger partial charge in [-0.2, -0.15) is 0 Å². The van der Waals surface area contributed by atoms with E-state index >= 15 is 0 Å². The summed E-state index contributed by atoms with van der Waals surface area (Å²) in [6.07, 6.45) is 0. The molecule has 0 aliphatic carbocycles. The van der Waals surface area contributed by atoms with Gasteiger partial charge in [0, 0.05) is 25.1 Å². The summed E-state index contributed by atoms with van der Waals surface area (Å²) in [5, 5.41) is 10.5. The number of aromatic nitrogens is 1. The van der Waals surface area contributed by atoms with E-state index in [0.29, 0.717) is 30.5 Å². The number of rotatable bonds is 6. The minimum atomic E-state index is -0.375. The fourth-order valence-electron chi connectivity index (χ4n) is 2.49. The van der Waals surface area contributed by atoms with Crippen molar-refractivity contribution < 1.29 is 8.91 Å². The predicted molar refractivity (Wildman–Crippen MR) is 114 cm³/mol. The quantitative estimate of drug-likeness (QED) is 0.375. The van der Waals surface area contributed by atoms with Gasteiger partial charge in [-0.15, -0.1) is 24.0 Å². The maximum Gasteiger partial charge on any atom is 0.191 e. The fourth-order valence-corrected chi connectivity index (χ4v) is 2.49. The summed E-state index contributed by atoms with van der Waals surface area (Å²) in [5.41, 5.74) is 1.23. The Morgan fingerprint density at radius 3 is 2.54 bits per heavy atom. The summed E-state index contributed by atoms with van der Waals surface area (Å²) >= 11 is 0. The Bertz CT molecular complexity index is 728. The van der Waals surface area contributed by atoms with E-state index in [1.165, 1.54) is 6.07 Å². The molecule has 5 nitrogen and oxygen atoms in total. The lowest BCUT2D eigenvalue weighted by Gasteiger charge is -2.27.